The van der Waals surface area contributed by atoms with Gasteiger partial charge in [0.25, 0.3) is 5.56 Å². The van der Waals surface area contributed by atoms with Crippen molar-refractivity contribution in [2.24, 2.45) is 0 Å². The number of sulfonamides is 1. The zero-order chi connectivity index (χ0) is 19.9. The number of nitrogens with one attached hydrogen (secondary N) is 2. The summed E-state index contributed by atoms with van der Waals surface area (Å²) in [5.74, 6) is 0. The van der Waals surface area contributed by atoms with E-state index in [0.29, 0.717) is 6.42 Å². The maximum atomic E-state index is 12.4. The molecule has 1 aromatic carbocycles. The predicted octanol–water partition coefficient (Wildman–Crippen LogP) is 1.20. The smallest absolute Gasteiger partial charge is 0.272 e. The molecular formula is C17H21N5O4S. The number of aromatic amines is 1. The summed E-state index contributed by atoms with van der Waals surface area (Å²) in [6.45, 7) is 5.95. The van der Waals surface area contributed by atoms with Crippen molar-refractivity contribution in [2.45, 2.75) is 33.2 Å². The minimum atomic E-state index is -3.72. The monoisotopic (exact) mass is 391 g/mol. The maximum Gasteiger partial charge on any atom is 0.348 e. The third-order valence-corrected chi connectivity index (χ3v) is 4.72. The number of rotatable bonds is 5. The highest BCUT2D eigenvalue weighted by Gasteiger charge is 2.17. The lowest BCUT2D eigenvalue weighted by Crippen LogP contribution is -2.38. The SMILES string of the molecule is CCc1cc2c(cc1-c1ccnn1C(C)C)c(=O)[nH]c(=O)n2NS(C)(=O)=O. The fourth-order valence-electron chi connectivity index (χ4n) is 3.05. The minimum absolute atomic E-state index is 0.120. The Labute approximate surface area is 155 Å². The van der Waals surface area contributed by atoms with Gasteiger partial charge in [0.2, 0.25) is 10.0 Å². The number of aryl methyl sites for hydroxylation is 1. The van der Waals surface area contributed by atoms with Crippen molar-refractivity contribution < 1.29 is 8.42 Å². The Morgan fingerprint density at radius 1 is 1.26 bits per heavy atom. The molecule has 2 heterocycles. The van der Waals surface area contributed by atoms with Gasteiger partial charge in [-0.15, -0.1) is 0 Å². The van der Waals surface area contributed by atoms with Crippen LogP contribution < -0.4 is 16.1 Å². The van der Waals surface area contributed by atoms with E-state index in [1.807, 2.05) is 31.5 Å². The summed E-state index contributed by atoms with van der Waals surface area (Å²) in [5.41, 5.74) is 1.29. The number of nitrogens with zero attached hydrogens (tertiary/aromatic N) is 3. The lowest BCUT2D eigenvalue weighted by atomic mass is 9.99. The standard InChI is InChI=1S/C17H21N5O4S/c1-5-11-8-15-13(9-12(11)14-6-7-18-21(14)10(2)3)16(23)19-17(24)22(15)20-27(4,25)26/h6-10,20H,5H2,1-4H3,(H,19,23,24). The van der Waals surface area contributed by atoms with Crippen molar-refractivity contribution in [3.05, 3.63) is 50.8 Å². The van der Waals surface area contributed by atoms with Gasteiger partial charge in [-0.3, -0.25) is 14.5 Å². The van der Waals surface area contributed by atoms with Gasteiger partial charge >= 0.3 is 5.69 Å². The third-order valence-electron chi connectivity index (χ3n) is 4.20. The van der Waals surface area contributed by atoms with E-state index in [9.17, 15) is 18.0 Å². The largest absolute Gasteiger partial charge is 0.348 e. The first-order valence-electron chi connectivity index (χ1n) is 8.46. The van der Waals surface area contributed by atoms with Crippen molar-refractivity contribution in [1.82, 2.24) is 19.4 Å². The molecule has 2 N–H and O–H groups in total. The average Bonchev–Trinajstić information content (AvgIpc) is 3.06. The van der Waals surface area contributed by atoms with Crippen LogP contribution in [0.4, 0.5) is 0 Å². The molecule has 0 fully saturated rings. The quantitative estimate of drug-likeness (QED) is 0.677. The first-order valence-corrected chi connectivity index (χ1v) is 10.3. The molecule has 144 valence electrons. The zero-order valence-electron chi connectivity index (χ0n) is 15.5. The molecule has 10 heteroatoms. The summed E-state index contributed by atoms with van der Waals surface area (Å²) < 4.78 is 26.0. The van der Waals surface area contributed by atoms with Crippen LogP contribution in [-0.2, 0) is 16.4 Å². The van der Waals surface area contributed by atoms with Crippen LogP contribution in [0.15, 0.2) is 34.0 Å². The molecule has 3 rings (SSSR count). The van der Waals surface area contributed by atoms with Gasteiger partial charge in [-0.05, 0) is 44.0 Å². The molecule has 0 radical (unpaired) electrons. The molecule has 0 spiro atoms. The van der Waals surface area contributed by atoms with Gasteiger partial charge in [0.1, 0.15) is 0 Å². The van der Waals surface area contributed by atoms with Gasteiger partial charge in [-0.1, -0.05) is 6.92 Å². The number of fused-ring (bicyclic) bond motifs is 1. The van der Waals surface area contributed by atoms with Crippen molar-refractivity contribution in [3.8, 4) is 11.3 Å². The molecule has 0 aliphatic carbocycles. The summed E-state index contributed by atoms with van der Waals surface area (Å²) in [7, 11) is -3.72. The van der Waals surface area contributed by atoms with Crippen molar-refractivity contribution in [3.63, 3.8) is 0 Å². The van der Waals surface area contributed by atoms with E-state index >= 15 is 0 Å². The van der Waals surface area contributed by atoms with Gasteiger partial charge in [0.05, 0.1) is 22.9 Å². The van der Waals surface area contributed by atoms with Crippen LogP contribution >= 0.6 is 0 Å². The van der Waals surface area contributed by atoms with E-state index in [0.717, 1.165) is 27.8 Å². The molecule has 0 saturated carbocycles. The summed E-state index contributed by atoms with van der Waals surface area (Å²) in [4.78, 5) is 28.8. The molecule has 0 bridgehead atoms. The van der Waals surface area contributed by atoms with Crippen LogP contribution in [0.5, 0.6) is 0 Å². The average molecular weight is 391 g/mol. The fraction of sp³-hybridized carbons (Fsp3) is 0.353. The van der Waals surface area contributed by atoms with E-state index in [1.54, 1.807) is 18.3 Å². The fourth-order valence-corrected chi connectivity index (χ4v) is 3.57. The molecule has 2 aromatic heterocycles. The van der Waals surface area contributed by atoms with E-state index in [4.69, 9.17) is 0 Å². The third kappa shape index (κ3) is 3.52. The number of hydrogen-bond acceptors (Lipinski definition) is 5. The van der Waals surface area contributed by atoms with E-state index in [-0.39, 0.29) is 16.9 Å². The number of benzene rings is 1. The molecule has 0 amide bonds. The Hall–Kier alpha value is -2.88. The van der Waals surface area contributed by atoms with Crippen molar-refractivity contribution >= 4 is 20.9 Å². The van der Waals surface area contributed by atoms with Crippen LogP contribution in [0, 0.1) is 0 Å². The summed E-state index contributed by atoms with van der Waals surface area (Å²) in [6, 6.07) is 5.31. The molecule has 0 saturated heterocycles. The molecule has 0 unspecified atom stereocenters. The molecule has 27 heavy (non-hydrogen) atoms. The Bertz CT molecular complexity index is 1230. The molecular weight excluding hydrogens is 370 g/mol. The highest BCUT2D eigenvalue weighted by molar-refractivity contribution is 7.91. The lowest BCUT2D eigenvalue weighted by molar-refractivity contribution is 0.538. The second kappa shape index (κ2) is 6.69. The molecule has 9 nitrogen and oxygen atoms in total. The van der Waals surface area contributed by atoms with Crippen LogP contribution in [0.25, 0.3) is 22.2 Å². The highest BCUT2D eigenvalue weighted by Crippen LogP contribution is 2.29. The second-order valence-electron chi connectivity index (χ2n) is 6.59. The van der Waals surface area contributed by atoms with E-state index in [2.05, 4.69) is 14.9 Å². The van der Waals surface area contributed by atoms with Crippen molar-refractivity contribution in [2.75, 3.05) is 11.1 Å². The van der Waals surface area contributed by atoms with Gasteiger partial charge in [0.15, 0.2) is 0 Å². The highest BCUT2D eigenvalue weighted by atomic mass is 32.2. The molecule has 0 aliphatic rings. The van der Waals surface area contributed by atoms with Gasteiger partial charge < -0.3 is 0 Å². The summed E-state index contributed by atoms with van der Waals surface area (Å²) in [5, 5.41) is 4.54. The first-order chi connectivity index (χ1) is 12.6. The van der Waals surface area contributed by atoms with Crippen molar-refractivity contribution in [1.29, 1.82) is 0 Å². The van der Waals surface area contributed by atoms with Crippen LogP contribution in [0.3, 0.4) is 0 Å². The molecule has 0 aliphatic heterocycles. The number of aromatic nitrogens is 4. The topological polar surface area (TPSA) is 119 Å². The Balaban J connectivity index is 2.39. The summed E-state index contributed by atoms with van der Waals surface area (Å²) >= 11 is 0. The Morgan fingerprint density at radius 2 is 1.96 bits per heavy atom. The summed E-state index contributed by atoms with van der Waals surface area (Å²) in [6.07, 6.45) is 3.25. The van der Waals surface area contributed by atoms with E-state index < -0.39 is 21.3 Å². The van der Waals surface area contributed by atoms with Gasteiger partial charge in [-0.25, -0.2) is 18.0 Å². The molecule has 0 atom stereocenters. The number of H-pyrrole nitrogens is 1. The molecule has 3 aromatic rings. The second-order valence-corrected chi connectivity index (χ2v) is 8.32. The van der Waals surface area contributed by atoms with Crippen LogP contribution in [0.2, 0.25) is 0 Å². The maximum absolute atomic E-state index is 12.4. The Morgan fingerprint density at radius 3 is 2.56 bits per heavy atom. The zero-order valence-corrected chi connectivity index (χ0v) is 16.3. The van der Waals surface area contributed by atoms with Crippen LogP contribution in [0.1, 0.15) is 32.4 Å². The van der Waals surface area contributed by atoms with Gasteiger partial charge in [-0.2, -0.15) is 9.77 Å². The van der Waals surface area contributed by atoms with Gasteiger partial charge in [0, 0.05) is 17.8 Å². The minimum Gasteiger partial charge on any atom is -0.272 e. The lowest BCUT2D eigenvalue weighted by Gasteiger charge is -2.16. The van der Waals surface area contributed by atoms with E-state index in [1.165, 1.54) is 0 Å². The predicted molar refractivity (Wildman–Crippen MR) is 104 cm³/mol. The first kappa shape index (κ1) is 18.9. The Kier molecular flexibility index (Phi) is 4.68. The van der Waals surface area contributed by atoms with Crippen LogP contribution in [-0.4, -0.2) is 34.1 Å². The number of hydrogen-bond donors (Lipinski definition) is 2. The normalized spacial score (nSPS) is 12.0.